The quantitative estimate of drug-likeness (QED) is 0.649. The van der Waals surface area contributed by atoms with E-state index in [9.17, 15) is 10.1 Å². The predicted molar refractivity (Wildman–Crippen MR) is 78.4 cm³/mol. The second-order valence-electron chi connectivity index (χ2n) is 4.29. The van der Waals surface area contributed by atoms with Crippen molar-refractivity contribution in [2.45, 2.75) is 20.4 Å². The molecule has 0 aliphatic heterocycles. The highest BCUT2D eigenvalue weighted by molar-refractivity contribution is 5.68. The van der Waals surface area contributed by atoms with E-state index < -0.39 is 4.92 Å². The van der Waals surface area contributed by atoms with E-state index in [1.54, 1.807) is 44.3 Å². The second-order valence-corrected chi connectivity index (χ2v) is 4.29. The molecule has 1 aromatic heterocycles. The number of nitrogens with zero attached hydrogens (tertiary/aromatic N) is 3. The van der Waals surface area contributed by atoms with Gasteiger partial charge in [-0.15, -0.1) is 0 Å². The molecule has 0 bridgehead atoms. The summed E-state index contributed by atoms with van der Waals surface area (Å²) in [4.78, 5) is 19.1. The average molecular weight is 288 g/mol. The number of benzene rings is 1. The van der Waals surface area contributed by atoms with Crippen molar-refractivity contribution >= 4 is 11.4 Å². The summed E-state index contributed by atoms with van der Waals surface area (Å²) >= 11 is 0. The Labute approximate surface area is 122 Å². The van der Waals surface area contributed by atoms with Crippen LogP contribution in [0.3, 0.4) is 0 Å². The molecule has 0 saturated heterocycles. The van der Waals surface area contributed by atoms with Crippen molar-refractivity contribution in [1.82, 2.24) is 9.97 Å². The van der Waals surface area contributed by atoms with E-state index in [-0.39, 0.29) is 11.4 Å². The molecule has 0 radical (unpaired) electrons. The molecule has 2 aromatic rings. The zero-order chi connectivity index (χ0) is 15.2. The van der Waals surface area contributed by atoms with Crippen LogP contribution in [0.2, 0.25) is 0 Å². The fraction of sp³-hybridized carbons (Fsp3) is 0.286. The van der Waals surface area contributed by atoms with Gasteiger partial charge in [0, 0.05) is 6.20 Å². The van der Waals surface area contributed by atoms with Crippen molar-refractivity contribution in [1.29, 1.82) is 0 Å². The van der Waals surface area contributed by atoms with Crippen molar-refractivity contribution in [2.75, 3.05) is 11.9 Å². The summed E-state index contributed by atoms with van der Waals surface area (Å²) in [6, 6.07) is 6.71. The van der Waals surface area contributed by atoms with Crippen LogP contribution in [0.1, 0.15) is 18.4 Å². The number of ether oxygens (including phenoxy) is 1. The maximum atomic E-state index is 11.2. The number of anilines is 1. The molecule has 110 valence electrons. The van der Waals surface area contributed by atoms with Crippen LogP contribution in [0, 0.1) is 17.0 Å². The summed E-state index contributed by atoms with van der Waals surface area (Å²) in [6.45, 7) is 4.32. The lowest BCUT2D eigenvalue weighted by atomic mass is 10.2. The third kappa shape index (κ3) is 3.65. The first-order valence-corrected chi connectivity index (χ1v) is 6.54. The Morgan fingerprint density at radius 3 is 2.86 bits per heavy atom. The number of nitro benzene ring substituents is 1. The lowest BCUT2D eigenvalue weighted by Crippen LogP contribution is -2.06. The van der Waals surface area contributed by atoms with E-state index in [0.717, 1.165) is 5.69 Å². The van der Waals surface area contributed by atoms with Crippen LogP contribution in [0.5, 0.6) is 5.75 Å². The number of nitro groups is 1. The Bertz CT molecular complexity index is 646. The van der Waals surface area contributed by atoms with Gasteiger partial charge in [0.05, 0.1) is 23.8 Å². The summed E-state index contributed by atoms with van der Waals surface area (Å²) < 4.78 is 5.30. The molecule has 0 fully saturated rings. The minimum absolute atomic E-state index is 0.0647. The Balaban J connectivity index is 2.23. The Hall–Kier alpha value is -2.70. The van der Waals surface area contributed by atoms with Gasteiger partial charge in [0.15, 0.2) is 5.75 Å². The molecule has 0 atom stereocenters. The van der Waals surface area contributed by atoms with E-state index >= 15 is 0 Å². The van der Waals surface area contributed by atoms with Gasteiger partial charge in [0.25, 0.3) is 0 Å². The summed E-state index contributed by atoms with van der Waals surface area (Å²) in [6.07, 6.45) is 1.66. The van der Waals surface area contributed by atoms with Gasteiger partial charge in [-0.1, -0.05) is 6.07 Å². The minimum atomic E-state index is -0.446. The molecule has 1 N–H and O–H groups in total. The van der Waals surface area contributed by atoms with Crippen molar-refractivity contribution in [3.05, 3.63) is 52.1 Å². The van der Waals surface area contributed by atoms with Gasteiger partial charge in [-0.05, 0) is 32.0 Å². The molecule has 1 heterocycles. The Morgan fingerprint density at radius 2 is 2.19 bits per heavy atom. The zero-order valence-corrected chi connectivity index (χ0v) is 11.9. The van der Waals surface area contributed by atoms with Crippen molar-refractivity contribution in [2.24, 2.45) is 0 Å². The van der Waals surface area contributed by atoms with Gasteiger partial charge < -0.3 is 10.1 Å². The Morgan fingerprint density at radius 1 is 1.38 bits per heavy atom. The van der Waals surface area contributed by atoms with Crippen molar-refractivity contribution in [3.63, 3.8) is 0 Å². The summed E-state index contributed by atoms with van der Waals surface area (Å²) in [7, 11) is 0. The number of hydrogen-bond donors (Lipinski definition) is 1. The summed E-state index contributed by atoms with van der Waals surface area (Å²) in [5.74, 6) is 0.915. The molecule has 0 amide bonds. The lowest BCUT2D eigenvalue weighted by molar-refractivity contribution is -0.384. The Kier molecular flexibility index (Phi) is 4.65. The molecule has 21 heavy (non-hydrogen) atoms. The molecular weight excluding hydrogens is 272 g/mol. The van der Waals surface area contributed by atoms with Crippen LogP contribution in [0.25, 0.3) is 0 Å². The molecule has 0 aliphatic carbocycles. The molecule has 2 rings (SSSR count). The van der Waals surface area contributed by atoms with E-state index in [1.165, 1.54) is 0 Å². The monoisotopic (exact) mass is 288 g/mol. The van der Waals surface area contributed by atoms with Gasteiger partial charge >= 0.3 is 5.69 Å². The van der Waals surface area contributed by atoms with E-state index in [2.05, 4.69) is 15.3 Å². The van der Waals surface area contributed by atoms with Crippen LogP contribution in [0.4, 0.5) is 11.4 Å². The van der Waals surface area contributed by atoms with Crippen molar-refractivity contribution < 1.29 is 9.66 Å². The highest BCUT2D eigenvalue weighted by Gasteiger charge is 2.20. The minimum Gasteiger partial charge on any atom is -0.487 e. The predicted octanol–water partition coefficient (Wildman–Crippen LogP) is 2.70. The molecule has 0 aliphatic rings. The number of rotatable bonds is 6. The smallest absolute Gasteiger partial charge is 0.333 e. The largest absolute Gasteiger partial charge is 0.487 e. The number of nitrogens with one attached hydrogen (secondary N) is 1. The van der Waals surface area contributed by atoms with E-state index in [0.29, 0.717) is 24.7 Å². The van der Waals surface area contributed by atoms with Crippen LogP contribution in [-0.2, 0) is 6.54 Å². The number of hydrogen-bond acceptors (Lipinski definition) is 6. The highest BCUT2D eigenvalue weighted by Crippen LogP contribution is 2.34. The van der Waals surface area contributed by atoms with Gasteiger partial charge in [-0.3, -0.25) is 10.1 Å². The normalized spacial score (nSPS) is 10.2. The fourth-order valence-corrected chi connectivity index (χ4v) is 1.91. The van der Waals surface area contributed by atoms with E-state index in [4.69, 9.17) is 4.74 Å². The van der Waals surface area contributed by atoms with Crippen LogP contribution >= 0.6 is 0 Å². The lowest BCUT2D eigenvalue weighted by Gasteiger charge is -2.10. The van der Waals surface area contributed by atoms with Crippen LogP contribution in [-0.4, -0.2) is 21.5 Å². The SMILES string of the molecule is CCOc1cccc(NCc2ccnc(C)n2)c1[N+](=O)[O-]. The van der Waals surface area contributed by atoms with E-state index in [1.807, 2.05) is 0 Å². The first-order chi connectivity index (χ1) is 10.1. The van der Waals surface area contributed by atoms with Gasteiger partial charge in [-0.25, -0.2) is 9.97 Å². The van der Waals surface area contributed by atoms with Crippen molar-refractivity contribution in [3.8, 4) is 5.75 Å². The number of para-hydroxylation sites is 1. The number of aromatic nitrogens is 2. The summed E-state index contributed by atoms with van der Waals surface area (Å²) in [5, 5.41) is 14.3. The first-order valence-electron chi connectivity index (χ1n) is 6.54. The number of aryl methyl sites for hydroxylation is 1. The molecular formula is C14H16N4O3. The van der Waals surface area contributed by atoms with Crippen LogP contribution < -0.4 is 10.1 Å². The standard InChI is InChI=1S/C14H16N4O3/c1-3-21-13-6-4-5-12(14(13)18(19)20)16-9-11-7-8-15-10(2)17-11/h4-8,16H,3,9H2,1-2H3. The van der Waals surface area contributed by atoms with Gasteiger partial charge in [-0.2, -0.15) is 0 Å². The third-order valence-corrected chi connectivity index (χ3v) is 2.78. The molecule has 0 spiro atoms. The maximum absolute atomic E-state index is 11.2. The molecule has 0 saturated carbocycles. The molecule has 0 unspecified atom stereocenters. The van der Waals surface area contributed by atoms with Gasteiger partial charge in [0.1, 0.15) is 11.5 Å². The zero-order valence-electron chi connectivity index (χ0n) is 11.9. The maximum Gasteiger partial charge on any atom is 0.333 e. The fourth-order valence-electron chi connectivity index (χ4n) is 1.91. The highest BCUT2D eigenvalue weighted by atomic mass is 16.6. The first kappa shape index (κ1) is 14.7. The average Bonchev–Trinajstić information content (AvgIpc) is 2.45. The second kappa shape index (κ2) is 6.65. The summed E-state index contributed by atoms with van der Waals surface area (Å²) in [5.41, 5.74) is 1.10. The van der Waals surface area contributed by atoms with Gasteiger partial charge in [0.2, 0.25) is 0 Å². The van der Waals surface area contributed by atoms with Crippen LogP contribution in [0.15, 0.2) is 30.5 Å². The third-order valence-electron chi connectivity index (χ3n) is 2.78. The molecule has 7 nitrogen and oxygen atoms in total. The molecule has 7 heteroatoms. The molecule has 1 aromatic carbocycles. The topological polar surface area (TPSA) is 90.2 Å².